The topological polar surface area (TPSA) is 52.7 Å². The molecule has 0 aliphatic carbocycles. The fourth-order valence-electron chi connectivity index (χ4n) is 4.04. The third kappa shape index (κ3) is 2.63. The van der Waals surface area contributed by atoms with Crippen molar-refractivity contribution < 1.29 is 8.42 Å². The zero-order valence-corrected chi connectivity index (χ0v) is 13.2. The molecule has 0 aromatic heterocycles. The number of hydrogen-bond donors (Lipinski definition) is 1. The Balaban J connectivity index is 1.78. The lowest BCUT2D eigenvalue weighted by Crippen LogP contribution is -2.54. The molecule has 6 heteroatoms. The van der Waals surface area contributed by atoms with Gasteiger partial charge < -0.3 is 5.32 Å². The maximum Gasteiger partial charge on any atom is 0.282 e. The van der Waals surface area contributed by atoms with Crippen molar-refractivity contribution in [2.24, 2.45) is 0 Å². The third-order valence-electron chi connectivity index (χ3n) is 5.15. The molecule has 0 aromatic rings. The van der Waals surface area contributed by atoms with Crippen LogP contribution in [0.1, 0.15) is 51.9 Å². The van der Waals surface area contributed by atoms with E-state index in [4.69, 9.17) is 0 Å². The second-order valence-electron chi connectivity index (χ2n) is 6.49. The van der Waals surface area contributed by atoms with Crippen molar-refractivity contribution in [2.45, 2.75) is 70.0 Å². The number of nitrogens with zero attached hydrogens (tertiary/aromatic N) is 2. The summed E-state index contributed by atoms with van der Waals surface area (Å²) in [5, 5.41) is 3.49. The van der Waals surface area contributed by atoms with Crippen LogP contribution < -0.4 is 5.32 Å². The highest BCUT2D eigenvalue weighted by molar-refractivity contribution is 7.86. The van der Waals surface area contributed by atoms with Crippen LogP contribution in [0, 0.1) is 0 Å². The highest BCUT2D eigenvalue weighted by Crippen LogP contribution is 2.31. The van der Waals surface area contributed by atoms with E-state index in [9.17, 15) is 8.42 Å². The van der Waals surface area contributed by atoms with E-state index in [-0.39, 0.29) is 12.1 Å². The van der Waals surface area contributed by atoms with Crippen LogP contribution >= 0.6 is 0 Å². The Labute approximate surface area is 122 Å². The summed E-state index contributed by atoms with van der Waals surface area (Å²) in [5.41, 5.74) is 0. The first-order chi connectivity index (χ1) is 9.60. The smallest absolute Gasteiger partial charge is 0.282 e. The molecule has 3 rings (SSSR count). The minimum Gasteiger partial charge on any atom is -0.312 e. The molecule has 0 saturated carbocycles. The van der Waals surface area contributed by atoms with Crippen LogP contribution in [0.2, 0.25) is 0 Å². The lowest BCUT2D eigenvalue weighted by atomic mass is 10.1. The van der Waals surface area contributed by atoms with Gasteiger partial charge in [0.05, 0.1) is 0 Å². The van der Waals surface area contributed by atoms with Gasteiger partial charge >= 0.3 is 0 Å². The minimum absolute atomic E-state index is 0.159. The summed E-state index contributed by atoms with van der Waals surface area (Å²) < 4.78 is 29.5. The van der Waals surface area contributed by atoms with Crippen molar-refractivity contribution >= 4 is 10.2 Å². The number of piperidine rings is 1. The second-order valence-corrected chi connectivity index (χ2v) is 8.32. The van der Waals surface area contributed by atoms with Crippen molar-refractivity contribution in [1.29, 1.82) is 0 Å². The first-order valence-electron chi connectivity index (χ1n) is 8.12. The molecule has 3 unspecified atom stereocenters. The summed E-state index contributed by atoms with van der Waals surface area (Å²) >= 11 is 0. The summed E-state index contributed by atoms with van der Waals surface area (Å²) in [7, 11) is -3.27. The third-order valence-corrected chi connectivity index (χ3v) is 7.33. The van der Waals surface area contributed by atoms with Gasteiger partial charge in [-0.15, -0.1) is 0 Å². The van der Waals surface area contributed by atoms with Gasteiger partial charge in [0.15, 0.2) is 0 Å². The van der Waals surface area contributed by atoms with Crippen molar-refractivity contribution in [3.63, 3.8) is 0 Å². The van der Waals surface area contributed by atoms with Crippen LogP contribution in [0.15, 0.2) is 0 Å². The van der Waals surface area contributed by atoms with Crippen LogP contribution in [0.5, 0.6) is 0 Å². The van der Waals surface area contributed by atoms with E-state index in [1.165, 1.54) is 6.42 Å². The van der Waals surface area contributed by atoms with Gasteiger partial charge in [0, 0.05) is 31.2 Å². The highest BCUT2D eigenvalue weighted by atomic mass is 32.2. The summed E-state index contributed by atoms with van der Waals surface area (Å²) in [5.74, 6) is 0. The molecule has 0 bridgehead atoms. The van der Waals surface area contributed by atoms with E-state index < -0.39 is 10.2 Å². The molecule has 0 spiro atoms. The Morgan fingerprint density at radius 3 is 2.45 bits per heavy atom. The Hall–Kier alpha value is -0.170. The van der Waals surface area contributed by atoms with Gasteiger partial charge in [0.1, 0.15) is 0 Å². The van der Waals surface area contributed by atoms with Crippen LogP contribution in [0.4, 0.5) is 0 Å². The van der Waals surface area contributed by atoms with E-state index in [2.05, 4.69) is 12.2 Å². The lowest BCUT2D eigenvalue weighted by molar-refractivity contribution is 0.231. The Kier molecular flexibility index (Phi) is 4.36. The average Bonchev–Trinajstić information content (AvgIpc) is 3.10. The molecule has 0 radical (unpaired) electrons. The molecule has 116 valence electrons. The van der Waals surface area contributed by atoms with Crippen LogP contribution in [-0.4, -0.2) is 54.8 Å². The summed E-state index contributed by atoms with van der Waals surface area (Å²) in [6.45, 7) is 4.49. The Morgan fingerprint density at radius 2 is 1.75 bits per heavy atom. The zero-order chi connectivity index (χ0) is 14.2. The molecular formula is C14H27N3O2S. The standard InChI is InChI=1S/C14H27N3O2S/c1-12-6-2-3-10-16(12)20(18,19)17-11-5-8-14(17)13-7-4-9-15-13/h12-15H,2-11H2,1H3. The van der Waals surface area contributed by atoms with Gasteiger partial charge in [0.25, 0.3) is 10.2 Å². The normalized spacial score (nSPS) is 37.5. The molecule has 3 aliphatic rings. The van der Waals surface area contributed by atoms with Crippen LogP contribution in [0.25, 0.3) is 0 Å². The second kappa shape index (κ2) is 5.91. The molecule has 5 nitrogen and oxygen atoms in total. The van der Waals surface area contributed by atoms with Gasteiger partial charge in [-0.3, -0.25) is 0 Å². The maximum absolute atomic E-state index is 13.0. The van der Waals surface area contributed by atoms with Gasteiger partial charge in [0.2, 0.25) is 0 Å². The molecule has 1 N–H and O–H groups in total. The maximum atomic E-state index is 13.0. The van der Waals surface area contributed by atoms with Crippen molar-refractivity contribution in [2.75, 3.05) is 19.6 Å². The first kappa shape index (κ1) is 14.8. The Morgan fingerprint density at radius 1 is 0.950 bits per heavy atom. The van der Waals surface area contributed by atoms with Crippen LogP contribution in [0.3, 0.4) is 0 Å². The molecule has 0 amide bonds. The fraction of sp³-hybridized carbons (Fsp3) is 1.00. The molecule has 3 saturated heterocycles. The predicted octanol–water partition coefficient (Wildman–Crippen LogP) is 1.32. The quantitative estimate of drug-likeness (QED) is 0.855. The number of hydrogen-bond acceptors (Lipinski definition) is 3. The van der Waals surface area contributed by atoms with Gasteiger partial charge in [-0.2, -0.15) is 17.0 Å². The van der Waals surface area contributed by atoms with Crippen molar-refractivity contribution in [3.05, 3.63) is 0 Å². The van der Waals surface area contributed by atoms with E-state index in [1.807, 2.05) is 0 Å². The zero-order valence-electron chi connectivity index (χ0n) is 12.4. The number of rotatable bonds is 3. The summed E-state index contributed by atoms with van der Waals surface area (Å²) in [4.78, 5) is 0. The lowest BCUT2D eigenvalue weighted by Gasteiger charge is -2.38. The van der Waals surface area contributed by atoms with E-state index in [0.29, 0.717) is 19.1 Å². The largest absolute Gasteiger partial charge is 0.312 e. The minimum atomic E-state index is -3.27. The van der Waals surface area contributed by atoms with E-state index >= 15 is 0 Å². The van der Waals surface area contributed by atoms with Crippen molar-refractivity contribution in [3.8, 4) is 0 Å². The van der Waals surface area contributed by atoms with Gasteiger partial charge in [-0.25, -0.2) is 0 Å². The molecule has 3 aliphatic heterocycles. The van der Waals surface area contributed by atoms with Crippen molar-refractivity contribution in [1.82, 2.24) is 13.9 Å². The molecule has 3 fully saturated rings. The molecule has 3 heterocycles. The predicted molar refractivity (Wildman–Crippen MR) is 79.7 cm³/mol. The van der Waals surface area contributed by atoms with Gasteiger partial charge in [-0.05, 0) is 52.0 Å². The molecule has 20 heavy (non-hydrogen) atoms. The first-order valence-corrected chi connectivity index (χ1v) is 9.52. The van der Waals surface area contributed by atoms with Crippen LogP contribution in [-0.2, 0) is 10.2 Å². The monoisotopic (exact) mass is 301 g/mol. The molecule has 0 aromatic carbocycles. The molecule has 3 atom stereocenters. The van der Waals surface area contributed by atoms with Gasteiger partial charge in [-0.1, -0.05) is 6.42 Å². The summed E-state index contributed by atoms with van der Waals surface area (Å²) in [6, 6.07) is 0.704. The highest BCUT2D eigenvalue weighted by Gasteiger charge is 2.43. The fourth-order valence-corrected chi connectivity index (χ4v) is 6.19. The molecular weight excluding hydrogens is 274 g/mol. The van der Waals surface area contributed by atoms with E-state index in [1.54, 1.807) is 8.61 Å². The van der Waals surface area contributed by atoms with E-state index in [0.717, 1.165) is 45.1 Å². The summed E-state index contributed by atoms with van der Waals surface area (Å²) in [6.07, 6.45) is 7.47. The average molecular weight is 301 g/mol. The number of nitrogens with one attached hydrogen (secondary N) is 1. The Bertz CT molecular complexity index is 434. The SMILES string of the molecule is CC1CCCCN1S(=O)(=O)N1CCCC1C1CCCN1.